The van der Waals surface area contributed by atoms with E-state index in [1.807, 2.05) is 0 Å². The number of hydrazone groups is 1. The fourth-order valence-corrected chi connectivity index (χ4v) is 2.45. The van der Waals surface area contributed by atoms with Gasteiger partial charge in [0.25, 0.3) is 5.91 Å². The number of hydrogen-bond acceptors (Lipinski definition) is 5. The molecule has 0 radical (unpaired) electrons. The topological polar surface area (TPSA) is 82.4 Å². The van der Waals surface area contributed by atoms with Crippen molar-refractivity contribution in [3.63, 3.8) is 0 Å². The van der Waals surface area contributed by atoms with Gasteiger partial charge in [0.15, 0.2) is 0 Å². The molecule has 1 saturated heterocycles. The molecule has 0 spiro atoms. The highest BCUT2D eigenvalue weighted by molar-refractivity contribution is 6.39. The summed E-state index contributed by atoms with van der Waals surface area (Å²) in [6.45, 7) is 1.63. The summed E-state index contributed by atoms with van der Waals surface area (Å²) < 4.78 is 5.47. The molecule has 0 aliphatic carbocycles. The van der Waals surface area contributed by atoms with Gasteiger partial charge in [-0.25, -0.2) is 5.01 Å². The molecule has 0 saturated carbocycles. The van der Waals surface area contributed by atoms with E-state index < -0.39 is 0 Å². The van der Waals surface area contributed by atoms with Crippen LogP contribution in [0.25, 0.3) is 0 Å². The van der Waals surface area contributed by atoms with Gasteiger partial charge in [-0.15, -0.1) is 0 Å². The van der Waals surface area contributed by atoms with Crippen LogP contribution in [0, 0.1) is 0 Å². The van der Waals surface area contributed by atoms with Gasteiger partial charge in [-0.1, -0.05) is 0 Å². The number of hydrogen-bond donors (Lipinski definition) is 1. The first-order valence-corrected chi connectivity index (χ1v) is 6.97. The molecule has 2 aliphatic rings. The Kier molecular flexibility index (Phi) is 5.08. The SMILES string of the molecule is CN1N=C(C(=O)N2CCC(OCCO)CC2)CCC1=O. The average Bonchev–Trinajstić information content (AvgIpc) is 2.48. The molecule has 2 heterocycles. The fraction of sp³-hybridized carbons (Fsp3) is 0.769. The van der Waals surface area contributed by atoms with Crippen LogP contribution in [-0.4, -0.2) is 72.0 Å². The van der Waals surface area contributed by atoms with Crippen molar-refractivity contribution < 1.29 is 19.4 Å². The van der Waals surface area contributed by atoms with E-state index in [1.165, 1.54) is 5.01 Å². The Morgan fingerprint density at radius 1 is 1.40 bits per heavy atom. The number of ether oxygens (including phenoxy) is 1. The second-order valence-electron chi connectivity index (χ2n) is 5.05. The van der Waals surface area contributed by atoms with E-state index >= 15 is 0 Å². The molecule has 0 aromatic carbocycles. The van der Waals surface area contributed by atoms with Crippen molar-refractivity contribution in [3.05, 3.63) is 0 Å². The van der Waals surface area contributed by atoms with Crippen molar-refractivity contribution in [2.45, 2.75) is 31.8 Å². The summed E-state index contributed by atoms with van der Waals surface area (Å²) in [6, 6.07) is 0. The predicted octanol–water partition coefficient (Wildman–Crippen LogP) is -0.405. The monoisotopic (exact) mass is 283 g/mol. The second-order valence-corrected chi connectivity index (χ2v) is 5.05. The molecule has 20 heavy (non-hydrogen) atoms. The van der Waals surface area contributed by atoms with E-state index in [0.29, 0.717) is 38.2 Å². The molecule has 0 aromatic heterocycles. The van der Waals surface area contributed by atoms with Gasteiger partial charge < -0.3 is 14.7 Å². The van der Waals surface area contributed by atoms with Crippen LogP contribution in [0.2, 0.25) is 0 Å². The van der Waals surface area contributed by atoms with Crippen LogP contribution in [0.3, 0.4) is 0 Å². The van der Waals surface area contributed by atoms with E-state index in [-0.39, 0.29) is 24.5 Å². The first-order valence-electron chi connectivity index (χ1n) is 6.97. The number of aliphatic hydroxyl groups excluding tert-OH is 1. The lowest BCUT2D eigenvalue weighted by atomic mass is 10.1. The number of carbonyl (C=O) groups excluding carboxylic acids is 2. The van der Waals surface area contributed by atoms with Gasteiger partial charge in [0.05, 0.1) is 19.3 Å². The van der Waals surface area contributed by atoms with Gasteiger partial charge in [0.2, 0.25) is 5.91 Å². The Morgan fingerprint density at radius 3 is 2.70 bits per heavy atom. The minimum Gasteiger partial charge on any atom is -0.394 e. The zero-order valence-corrected chi connectivity index (χ0v) is 11.7. The van der Waals surface area contributed by atoms with Crippen LogP contribution in [-0.2, 0) is 14.3 Å². The molecule has 1 N–H and O–H groups in total. The minimum atomic E-state index is -0.0787. The minimum absolute atomic E-state index is 0.0241. The third-order valence-corrected chi connectivity index (χ3v) is 3.63. The Morgan fingerprint density at radius 2 is 2.10 bits per heavy atom. The number of likely N-dealkylation sites (tertiary alicyclic amines) is 1. The van der Waals surface area contributed by atoms with Crippen molar-refractivity contribution in [1.29, 1.82) is 0 Å². The van der Waals surface area contributed by atoms with E-state index in [4.69, 9.17) is 9.84 Å². The summed E-state index contributed by atoms with van der Waals surface area (Å²) in [5, 5.41) is 14.0. The molecular formula is C13H21N3O4. The molecule has 2 amide bonds. The lowest BCUT2D eigenvalue weighted by molar-refractivity contribution is -0.131. The molecule has 0 bridgehead atoms. The summed E-state index contributed by atoms with van der Waals surface area (Å²) in [7, 11) is 1.57. The van der Waals surface area contributed by atoms with Crippen LogP contribution >= 0.6 is 0 Å². The Bertz CT molecular complexity index is 402. The highest BCUT2D eigenvalue weighted by Gasteiger charge is 2.29. The molecule has 1 fully saturated rings. The standard InChI is InChI=1S/C13H21N3O4/c1-15-12(18)3-2-11(14-15)13(19)16-6-4-10(5-7-16)20-9-8-17/h10,17H,2-9H2,1H3. The number of nitrogens with zero attached hydrogens (tertiary/aromatic N) is 3. The van der Waals surface area contributed by atoms with Crippen LogP contribution < -0.4 is 0 Å². The van der Waals surface area contributed by atoms with Crippen LogP contribution in [0.5, 0.6) is 0 Å². The largest absolute Gasteiger partial charge is 0.394 e. The van der Waals surface area contributed by atoms with Crippen LogP contribution in [0.4, 0.5) is 0 Å². The molecular weight excluding hydrogens is 262 g/mol. The predicted molar refractivity (Wildman–Crippen MR) is 72.1 cm³/mol. The maximum atomic E-state index is 12.3. The summed E-state index contributed by atoms with van der Waals surface area (Å²) >= 11 is 0. The van der Waals surface area contributed by atoms with Crippen molar-refractivity contribution in [1.82, 2.24) is 9.91 Å². The van der Waals surface area contributed by atoms with E-state index in [9.17, 15) is 9.59 Å². The van der Waals surface area contributed by atoms with E-state index in [1.54, 1.807) is 11.9 Å². The molecule has 0 aromatic rings. The number of piperidine rings is 1. The first kappa shape index (κ1) is 14.9. The molecule has 112 valence electrons. The maximum absolute atomic E-state index is 12.3. The smallest absolute Gasteiger partial charge is 0.270 e. The number of aliphatic hydroxyl groups is 1. The molecule has 7 heteroatoms. The normalized spacial score (nSPS) is 21.1. The Balaban J connectivity index is 1.86. The molecule has 7 nitrogen and oxygen atoms in total. The van der Waals surface area contributed by atoms with Gasteiger partial charge in [0.1, 0.15) is 5.71 Å². The molecule has 0 unspecified atom stereocenters. The summed E-state index contributed by atoms with van der Waals surface area (Å²) in [5.74, 6) is -0.136. The maximum Gasteiger partial charge on any atom is 0.270 e. The Hall–Kier alpha value is -1.47. The third kappa shape index (κ3) is 3.55. The summed E-state index contributed by atoms with van der Waals surface area (Å²) in [4.78, 5) is 25.4. The number of amides is 2. The highest BCUT2D eigenvalue weighted by atomic mass is 16.5. The second kappa shape index (κ2) is 6.81. The average molecular weight is 283 g/mol. The van der Waals surface area contributed by atoms with E-state index in [2.05, 4.69) is 5.10 Å². The quantitative estimate of drug-likeness (QED) is 0.760. The molecule has 0 atom stereocenters. The van der Waals surface area contributed by atoms with Gasteiger partial charge in [-0.05, 0) is 12.8 Å². The van der Waals surface area contributed by atoms with Crippen molar-refractivity contribution in [3.8, 4) is 0 Å². The lowest BCUT2D eigenvalue weighted by Gasteiger charge is -2.32. The van der Waals surface area contributed by atoms with Gasteiger partial charge in [-0.3, -0.25) is 9.59 Å². The van der Waals surface area contributed by atoms with E-state index in [0.717, 1.165) is 12.8 Å². The summed E-state index contributed by atoms with van der Waals surface area (Å²) in [6.07, 6.45) is 2.42. The Labute approximate surface area is 118 Å². The number of rotatable bonds is 4. The van der Waals surface area contributed by atoms with Crippen molar-refractivity contribution in [2.75, 3.05) is 33.4 Å². The molecule has 2 aliphatic heterocycles. The van der Waals surface area contributed by atoms with Crippen molar-refractivity contribution in [2.24, 2.45) is 5.10 Å². The van der Waals surface area contributed by atoms with Crippen LogP contribution in [0.1, 0.15) is 25.7 Å². The fourth-order valence-electron chi connectivity index (χ4n) is 2.45. The summed E-state index contributed by atoms with van der Waals surface area (Å²) in [5.41, 5.74) is 0.460. The van der Waals surface area contributed by atoms with Crippen LogP contribution in [0.15, 0.2) is 5.10 Å². The third-order valence-electron chi connectivity index (χ3n) is 3.63. The highest BCUT2D eigenvalue weighted by Crippen LogP contribution is 2.16. The molecule has 2 rings (SSSR count). The number of carbonyl (C=O) groups is 2. The lowest BCUT2D eigenvalue weighted by Crippen LogP contribution is -2.45. The van der Waals surface area contributed by atoms with Gasteiger partial charge >= 0.3 is 0 Å². The zero-order valence-electron chi connectivity index (χ0n) is 11.7. The van der Waals surface area contributed by atoms with Gasteiger partial charge in [0, 0.05) is 33.0 Å². The van der Waals surface area contributed by atoms with Gasteiger partial charge in [-0.2, -0.15) is 5.10 Å². The van der Waals surface area contributed by atoms with Crippen molar-refractivity contribution >= 4 is 17.5 Å². The first-order chi connectivity index (χ1) is 9.61. The zero-order chi connectivity index (χ0) is 14.5.